The Balaban J connectivity index is 1.84. The molecule has 2 N–H and O–H groups in total. The molecule has 3 aliphatic carbocycles. The van der Waals surface area contributed by atoms with Crippen molar-refractivity contribution in [1.29, 1.82) is 0 Å². The fraction of sp³-hybridized carbons (Fsp3) is 1.00. The van der Waals surface area contributed by atoms with E-state index >= 15 is 0 Å². The van der Waals surface area contributed by atoms with Crippen LogP contribution in [-0.4, -0.2) is 6.04 Å². The second-order valence-electron chi connectivity index (χ2n) is 4.41. The molecule has 0 amide bonds. The van der Waals surface area contributed by atoms with Gasteiger partial charge in [0.05, 0.1) is 0 Å². The molecule has 10 heavy (non-hydrogen) atoms. The van der Waals surface area contributed by atoms with Gasteiger partial charge in [-0.25, -0.2) is 0 Å². The summed E-state index contributed by atoms with van der Waals surface area (Å²) in [4.78, 5) is 0. The maximum absolute atomic E-state index is 6.01. The summed E-state index contributed by atoms with van der Waals surface area (Å²) in [6, 6.07) is 0.613. The van der Waals surface area contributed by atoms with Crippen LogP contribution in [0.1, 0.15) is 25.7 Å². The van der Waals surface area contributed by atoms with Gasteiger partial charge in [0.2, 0.25) is 0 Å². The minimum Gasteiger partial charge on any atom is -0.327 e. The van der Waals surface area contributed by atoms with Crippen LogP contribution in [0.25, 0.3) is 0 Å². The normalized spacial score (nSPS) is 63.9. The van der Waals surface area contributed by atoms with Crippen LogP contribution in [0, 0.1) is 23.7 Å². The summed E-state index contributed by atoms with van der Waals surface area (Å²) in [5.74, 6) is 4.14. The molecule has 3 fully saturated rings. The van der Waals surface area contributed by atoms with E-state index in [0.717, 1.165) is 23.7 Å². The maximum atomic E-state index is 6.01. The standard InChI is InChI=1S/C9H15N/c10-9-6-3-1-2-5-4-7(9)8(5)6/h5-9H,1-4,10H2/t5?,6?,7?,8-,9+/m0/s1. The topological polar surface area (TPSA) is 26.0 Å². The van der Waals surface area contributed by atoms with E-state index < -0.39 is 0 Å². The molecule has 56 valence electrons. The van der Waals surface area contributed by atoms with E-state index in [4.69, 9.17) is 5.73 Å². The van der Waals surface area contributed by atoms with Crippen LogP contribution < -0.4 is 5.73 Å². The molecule has 0 aromatic rings. The lowest BCUT2D eigenvalue weighted by Gasteiger charge is -2.65. The fourth-order valence-corrected chi connectivity index (χ4v) is 3.64. The molecule has 0 radical (unpaired) electrons. The third kappa shape index (κ3) is 0.430. The number of rotatable bonds is 0. The van der Waals surface area contributed by atoms with E-state index in [0.29, 0.717) is 6.04 Å². The summed E-state index contributed by atoms with van der Waals surface area (Å²) >= 11 is 0. The summed E-state index contributed by atoms with van der Waals surface area (Å²) < 4.78 is 0. The number of hydrogen-bond acceptors (Lipinski definition) is 1. The summed E-state index contributed by atoms with van der Waals surface area (Å²) in [5, 5.41) is 0. The lowest BCUT2D eigenvalue weighted by Crippen LogP contribution is -2.66. The van der Waals surface area contributed by atoms with Gasteiger partial charge in [0.1, 0.15) is 0 Å². The highest BCUT2D eigenvalue weighted by molar-refractivity contribution is 5.11. The van der Waals surface area contributed by atoms with Crippen LogP contribution in [0.2, 0.25) is 0 Å². The van der Waals surface area contributed by atoms with Crippen LogP contribution in [-0.2, 0) is 0 Å². The highest BCUT2D eigenvalue weighted by Crippen LogP contribution is 2.62. The number of nitrogens with two attached hydrogens (primary N) is 1. The van der Waals surface area contributed by atoms with Crippen LogP contribution >= 0.6 is 0 Å². The lowest BCUT2D eigenvalue weighted by atomic mass is 9.41. The predicted molar refractivity (Wildman–Crippen MR) is 40.4 cm³/mol. The molecule has 3 unspecified atom stereocenters. The quantitative estimate of drug-likeness (QED) is 0.536. The van der Waals surface area contributed by atoms with Gasteiger partial charge in [0, 0.05) is 6.04 Å². The third-order valence-corrected chi connectivity index (χ3v) is 4.21. The van der Waals surface area contributed by atoms with Crippen molar-refractivity contribution in [3.8, 4) is 0 Å². The van der Waals surface area contributed by atoms with Gasteiger partial charge in [-0.3, -0.25) is 0 Å². The van der Waals surface area contributed by atoms with Crippen molar-refractivity contribution < 1.29 is 0 Å². The molecule has 0 saturated heterocycles. The zero-order chi connectivity index (χ0) is 6.72. The molecule has 1 nitrogen and oxygen atoms in total. The monoisotopic (exact) mass is 137 g/mol. The zero-order valence-electron chi connectivity index (χ0n) is 6.29. The Morgan fingerprint density at radius 3 is 2.80 bits per heavy atom. The van der Waals surface area contributed by atoms with Crippen LogP contribution in [0.3, 0.4) is 0 Å². The van der Waals surface area contributed by atoms with Crippen molar-refractivity contribution in [2.24, 2.45) is 29.4 Å². The Bertz CT molecular complexity index is 157. The summed E-state index contributed by atoms with van der Waals surface area (Å²) in [7, 11) is 0. The predicted octanol–water partition coefficient (Wildman–Crippen LogP) is 1.38. The fourth-order valence-electron chi connectivity index (χ4n) is 3.64. The van der Waals surface area contributed by atoms with E-state index in [-0.39, 0.29) is 0 Å². The second kappa shape index (κ2) is 1.58. The molecular weight excluding hydrogens is 122 g/mol. The van der Waals surface area contributed by atoms with Crippen LogP contribution in [0.5, 0.6) is 0 Å². The Morgan fingerprint density at radius 2 is 2.00 bits per heavy atom. The first-order valence-electron chi connectivity index (χ1n) is 4.63. The van der Waals surface area contributed by atoms with Gasteiger partial charge in [0.15, 0.2) is 0 Å². The molecule has 3 saturated carbocycles. The number of hydrogen-bond donors (Lipinski definition) is 1. The van der Waals surface area contributed by atoms with Crippen molar-refractivity contribution in [3.63, 3.8) is 0 Å². The molecule has 5 atom stereocenters. The molecule has 3 aliphatic rings. The van der Waals surface area contributed by atoms with E-state index in [2.05, 4.69) is 0 Å². The molecule has 0 aromatic heterocycles. The van der Waals surface area contributed by atoms with Crippen molar-refractivity contribution in [3.05, 3.63) is 0 Å². The van der Waals surface area contributed by atoms with Gasteiger partial charge in [-0.05, 0) is 36.5 Å². The van der Waals surface area contributed by atoms with Crippen LogP contribution in [0.4, 0.5) is 0 Å². The molecule has 0 aromatic carbocycles. The highest BCUT2D eigenvalue weighted by atomic mass is 14.8. The second-order valence-corrected chi connectivity index (χ2v) is 4.41. The van der Waals surface area contributed by atoms with E-state index in [1.807, 2.05) is 0 Å². The maximum Gasteiger partial charge on any atom is 0.0101 e. The van der Waals surface area contributed by atoms with Crippen molar-refractivity contribution in [1.82, 2.24) is 0 Å². The van der Waals surface area contributed by atoms with Gasteiger partial charge in [-0.15, -0.1) is 0 Å². The summed E-state index contributed by atoms with van der Waals surface area (Å²) in [5.41, 5.74) is 6.01. The van der Waals surface area contributed by atoms with Crippen molar-refractivity contribution >= 4 is 0 Å². The average Bonchev–Trinajstić information content (AvgIpc) is 1.88. The first-order valence-corrected chi connectivity index (χ1v) is 4.63. The van der Waals surface area contributed by atoms with Gasteiger partial charge in [-0.2, -0.15) is 0 Å². The minimum atomic E-state index is 0.613. The van der Waals surface area contributed by atoms with Gasteiger partial charge in [-0.1, -0.05) is 12.8 Å². The Labute approximate surface area is 62.0 Å². The smallest absolute Gasteiger partial charge is 0.0101 e. The summed E-state index contributed by atoms with van der Waals surface area (Å²) in [6.07, 6.45) is 5.90. The SMILES string of the molecule is N[C@@H]1C2CCCC3CC1[C@@H]32. The average molecular weight is 137 g/mol. The zero-order valence-corrected chi connectivity index (χ0v) is 6.29. The largest absolute Gasteiger partial charge is 0.327 e. The van der Waals surface area contributed by atoms with Gasteiger partial charge < -0.3 is 5.73 Å². The molecule has 0 spiro atoms. The Hall–Kier alpha value is -0.0400. The van der Waals surface area contributed by atoms with E-state index in [1.165, 1.54) is 25.7 Å². The first kappa shape index (κ1) is 5.59. The van der Waals surface area contributed by atoms with Crippen molar-refractivity contribution in [2.75, 3.05) is 0 Å². The molecular formula is C9H15N. The third-order valence-electron chi connectivity index (χ3n) is 4.21. The molecule has 0 heterocycles. The van der Waals surface area contributed by atoms with E-state index in [1.54, 1.807) is 0 Å². The van der Waals surface area contributed by atoms with Gasteiger partial charge in [0.25, 0.3) is 0 Å². The Morgan fingerprint density at radius 1 is 1.10 bits per heavy atom. The lowest BCUT2D eigenvalue weighted by molar-refractivity contribution is -0.139. The first-order chi connectivity index (χ1) is 4.88. The van der Waals surface area contributed by atoms with E-state index in [9.17, 15) is 0 Å². The van der Waals surface area contributed by atoms with Crippen molar-refractivity contribution in [2.45, 2.75) is 31.7 Å². The minimum absolute atomic E-state index is 0.613. The van der Waals surface area contributed by atoms with Gasteiger partial charge >= 0.3 is 0 Å². The molecule has 0 aliphatic heterocycles. The Kier molecular flexibility index (Phi) is 0.883. The molecule has 3 rings (SSSR count). The highest BCUT2D eigenvalue weighted by Gasteiger charge is 2.59. The van der Waals surface area contributed by atoms with Crippen LogP contribution in [0.15, 0.2) is 0 Å². The molecule has 1 heteroatoms. The summed E-state index contributed by atoms with van der Waals surface area (Å²) in [6.45, 7) is 0. The molecule has 0 bridgehead atoms.